The smallest absolute Gasteiger partial charge is 0.338 e. The predicted molar refractivity (Wildman–Crippen MR) is 87.5 cm³/mol. The fraction of sp³-hybridized carbons (Fsp3) is 0.235. The van der Waals surface area contributed by atoms with Crippen molar-refractivity contribution in [2.45, 2.75) is 19.9 Å². The van der Waals surface area contributed by atoms with Crippen LogP contribution in [0.1, 0.15) is 25.5 Å². The van der Waals surface area contributed by atoms with Gasteiger partial charge in [-0.3, -0.25) is 0 Å². The minimum atomic E-state index is -0.373. The van der Waals surface area contributed by atoms with Crippen LogP contribution in [0.2, 0.25) is 0 Å². The Morgan fingerprint density at radius 2 is 2.09 bits per heavy atom. The van der Waals surface area contributed by atoms with E-state index in [1.54, 1.807) is 4.68 Å². The number of aromatic nitrogens is 3. The van der Waals surface area contributed by atoms with Gasteiger partial charge in [0.15, 0.2) is 0 Å². The van der Waals surface area contributed by atoms with Crippen molar-refractivity contribution in [1.82, 2.24) is 14.8 Å². The third kappa shape index (κ3) is 2.75. The average Bonchev–Trinajstić information content (AvgIpc) is 3.01. The number of hydrogen-bond acceptors (Lipinski definition) is 5. The summed E-state index contributed by atoms with van der Waals surface area (Å²) in [7, 11) is 1.38. The molecule has 0 fully saturated rings. The molecule has 118 valence electrons. The first-order valence-corrected chi connectivity index (χ1v) is 7.30. The van der Waals surface area contributed by atoms with E-state index in [9.17, 15) is 4.79 Å². The van der Waals surface area contributed by atoms with E-state index in [2.05, 4.69) is 15.4 Å². The molecule has 1 aliphatic heterocycles. The molecule has 23 heavy (non-hydrogen) atoms. The summed E-state index contributed by atoms with van der Waals surface area (Å²) in [4.78, 5) is 16.5. The summed E-state index contributed by atoms with van der Waals surface area (Å²) >= 11 is 0. The topological polar surface area (TPSA) is 69.0 Å². The van der Waals surface area contributed by atoms with Crippen LogP contribution >= 0.6 is 0 Å². The number of benzene rings is 1. The van der Waals surface area contributed by atoms with Crippen LogP contribution in [0.4, 0.5) is 5.95 Å². The first-order chi connectivity index (χ1) is 11.1. The van der Waals surface area contributed by atoms with Gasteiger partial charge in [-0.1, -0.05) is 36.4 Å². The van der Waals surface area contributed by atoms with Gasteiger partial charge in [-0.05, 0) is 25.0 Å². The second-order valence-electron chi connectivity index (χ2n) is 5.39. The summed E-state index contributed by atoms with van der Waals surface area (Å²) in [5.41, 5.74) is 3.30. The zero-order chi connectivity index (χ0) is 16.4. The largest absolute Gasteiger partial charge is 0.466 e. The third-order valence-electron chi connectivity index (χ3n) is 3.82. The Morgan fingerprint density at radius 1 is 1.35 bits per heavy atom. The van der Waals surface area contributed by atoms with E-state index >= 15 is 0 Å². The van der Waals surface area contributed by atoms with E-state index < -0.39 is 0 Å². The first-order valence-electron chi connectivity index (χ1n) is 7.30. The van der Waals surface area contributed by atoms with E-state index in [1.165, 1.54) is 13.4 Å². The number of hydrogen-bond donors (Lipinski definition) is 1. The maximum absolute atomic E-state index is 12.3. The molecule has 1 unspecified atom stereocenters. The highest BCUT2D eigenvalue weighted by Gasteiger charge is 2.33. The summed E-state index contributed by atoms with van der Waals surface area (Å²) in [6, 6.07) is 9.61. The van der Waals surface area contributed by atoms with E-state index in [-0.39, 0.29) is 12.0 Å². The molecule has 3 rings (SSSR count). The van der Waals surface area contributed by atoms with Crippen molar-refractivity contribution in [2.24, 2.45) is 0 Å². The lowest BCUT2D eigenvalue weighted by Gasteiger charge is -2.28. The van der Waals surface area contributed by atoms with Crippen LogP contribution in [0.5, 0.6) is 0 Å². The second-order valence-corrected chi connectivity index (χ2v) is 5.39. The van der Waals surface area contributed by atoms with Crippen LogP contribution < -0.4 is 5.32 Å². The number of methoxy groups -OCH3 is 1. The molecule has 0 bridgehead atoms. The Labute approximate surface area is 134 Å². The standard InChI is InChI=1S/C17H18N4O2/c1-11(9-13-7-5-4-6-8-13)15-14(16(22)23-3)12(2)20-17-18-10-19-21(15)17/h4-10,15H,1-3H3,(H,18,19,20)/b11-9+. The van der Waals surface area contributed by atoms with Gasteiger partial charge in [0.25, 0.3) is 0 Å². The van der Waals surface area contributed by atoms with Crippen LogP contribution in [-0.2, 0) is 9.53 Å². The quantitative estimate of drug-likeness (QED) is 0.883. The molecule has 1 aromatic carbocycles. The molecule has 1 atom stereocenters. The normalized spacial score (nSPS) is 17.5. The summed E-state index contributed by atoms with van der Waals surface area (Å²) in [6.07, 6.45) is 3.51. The molecule has 0 aliphatic carbocycles. The number of rotatable bonds is 3. The number of anilines is 1. The molecular formula is C17H18N4O2. The lowest BCUT2D eigenvalue weighted by Crippen LogP contribution is -2.29. The molecule has 2 aromatic rings. The van der Waals surface area contributed by atoms with Gasteiger partial charge in [0.1, 0.15) is 12.4 Å². The van der Waals surface area contributed by atoms with Gasteiger partial charge in [-0.15, -0.1) is 0 Å². The fourth-order valence-electron chi connectivity index (χ4n) is 2.78. The number of allylic oxidation sites excluding steroid dienone is 2. The molecule has 0 amide bonds. The van der Waals surface area contributed by atoms with Crippen molar-refractivity contribution in [3.63, 3.8) is 0 Å². The lowest BCUT2D eigenvalue weighted by molar-refractivity contribution is -0.136. The maximum atomic E-state index is 12.3. The molecule has 0 saturated heterocycles. The van der Waals surface area contributed by atoms with Crippen LogP contribution in [0.25, 0.3) is 6.08 Å². The van der Waals surface area contributed by atoms with Crippen molar-refractivity contribution in [3.8, 4) is 0 Å². The molecule has 1 N–H and O–H groups in total. The maximum Gasteiger partial charge on any atom is 0.338 e. The number of fused-ring (bicyclic) bond motifs is 1. The zero-order valence-electron chi connectivity index (χ0n) is 13.3. The van der Waals surface area contributed by atoms with Gasteiger partial charge in [0.2, 0.25) is 5.95 Å². The van der Waals surface area contributed by atoms with Crippen molar-refractivity contribution in [2.75, 3.05) is 12.4 Å². The Balaban J connectivity index is 2.10. The number of nitrogens with zero attached hydrogens (tertiary/aromatic N) is 3. The number of carbonyl (C=O) groups is 1. The van der Waals surface area contributed by atoms with Gasteiger partial charge in [0.05, 0.1) is 12.7 Å². The Kier molecular flexibility index (Phi) is 3.97. The second kappa shape index (κ2) is 6.08. The van der Waals surface area contributed by atoms with Gasteiger partial charge < -0.3 is 10.1 Å². The van der Waals surface area contributed by atoms with Gasteiger partial charge in [-0.2, -0.15) is 10.1 Å². The SMILES string of the molecule is COC(=O)C1=C(C)Nc2ncnn2C1/C(C)=C/c1ccccc1. The highest BCUT2D eigenvalue weighted by Crippen LogP contribution is 2.35. The van der Waals surface area contributed by atoms with Crippen LogP contribution in [0, 0.1) is 0 Å². The molecule has 6 heteroatoms. The van der Waals surface area contributed by atoms with Crippen LogP contribution in [0.15, 0.2) is 53.5 Å². The van der Waals surface area contributed by atoms with Crippen LogP contribution in [0.3, 0.4) is 0 Å². The summed E-state index contributed by atoms with van der Waals surface area (Å²) in [6.45, 7) is 3.82. The van der Waals surface area contributed by atoms with Crippen molar-refractivity contribution >= 4 is 18.0 Å². The molecule has 0 spiro atoms. The first kappa shape index (κ1) is 15.0. The van der Waals surface area contributed by atoms with Gasteiger partial charge in [0, 0.05) is 5.70 Å². The molecular weight excluding hydrogens is 292 g/mol. The lowest BCUT2D eigenvalue weighted by atomic mass is 9.95. The molecule has 1 aromatic heterocycles. The predicted octanol–water partition coefficient (Wildman–Crippen LogP) is 2.80. The number of esters is 1. The average molecular weight is 310 g/mol. The minimum Gasteiger partial charge on any atom is -0.466 e. The summed E-state index contributed by atoms with van der Waals surface area (Å²) < 4.78 is 6.66. The molecule has 1 aliphatic rings. The Bertz CT molecular complexity index is 790. The number of carbonyl (C=O) groups excluding carboxylic acids is 1. The van der Waals surface area contributed by atoms with E-state index in [4.69, 9.17) is 4.74 Å². The monoisotopic (exact) mass is 310 g/mol. The van der Waals surface area contributed by atoms with Gasteiger partial charge in [-0.25, -0.2) is 9.48 Å². The number of ether oxygens (including phenoxy) is 1. The van der Waals surface area contributed by atoms with E-state index in [0.29, 0.717) is 11.5 Å². The van der Waals surface area contributed by atoms with E-state index in [1.807, 2.05) is 50.3 Å². The van der Waals surface area contributed by atoms with Crippen molar-refractivity contribution < 1.29 is 9.53 Å². The third-order valence-corrected chi connectivity index (χ3v) is 3.82. The van der Waals surface area contributed by atoms with Gasteiger partial charge >= 0.3 is 5.97 Å². The highest BCUT2D eigenvalue weighted by molar-refractivity contribution is 5.92. The van der Waals surface area contributed by atoms with Crippen molar-refractivity contribution in [1.29, 1.82) is 0 Å². The zero-order valence-corrected chi connectivity index (χ0v) is 13.3. The fourth-order valence-corrected chi connectivity index (χ4v) is 2.78. The highest BCUT2D eigenvalue weighted by atomic mass is 16.5. The summed E-state index contributed by atoms with van der Waals surface area (Å²) in [5, 5.41) is 7.36. The van der Waals surface area contributed by atoms with Crippen molar-refractivity contribution in [3.05, 3.63) is 59.1 Å². The summed E-state index contributed by atoms with van der Waals surface area (Å²) in [5.74, 6) is 0.239. The molecule has 0 saturated carbocycles. The molecule has 6 nitrogen and oxygen atoms in total. The molecule has 0 radical (unpaired) electrons. The van der Waals surface area contributed by atoms with E-state index in [0.717, 1.165) is 16.8 Å². The molecule has 2 heterocycles. The number of nitrogens with one attached hydrogen (secondary N) is 1. The Morgan fingerprint density at radius 3 is 2.78 bits per heavy atom. The van der Waals surface area contributed by atoms with Crippen LogP contribution in [-0.4, -0.2) is 27.8 Å². The Hall–Kier alpha value is -2.89. The minimum absolute atomic E-state index is 0.346.